The van der Waals surface area contributed by atoms with Crippen molar-refractivity contribution in [2.75, 3.05) is 0 Å². The van der Waals surface area contributed by atoms with Crippen LogP contribution < -0.4 is 0 Å². The number of non-ortho nitro benzene ring substituents is 1. The predicted octanol–water partition coefficient (Wildman–Crippen LogP) is 1.07. The number of hydrogen-bond acceptors (Lipinski definition) is 5. The van der Waals surface area contributed by atoms with Crippen LogP contribution in [-0.2, 0) is 19.3 Å². The SMILES string of the molecule is O=[N+]([O-])c1ccc2c(c1)CC(Cc1nnn[nH]1)C2. The van der Waals surface area contributed by atoms with E-state index < -0.39 is 0 Å². The van der Waals surface area contributed by atoms with Crippen molar-refractivity contribution in [1.29, 1.82) is 0 Å². The van der Waals surface area contributed by atoms with Crippen LogP contribution in [0.5, 0.6) is 0 Å². The summed E-state index contributed by atoms with van der Waals surface area (Å²) >= 11 is 0. The number of tetrazole rings is 1. The third-order valence-corrected chi connectivity index (χ3v) is 3.29. The number of nitro groups is 1. The molecule has 0 aliphatic heterocycles. The second-order valence-electron chi connectivity index (χ2n) is 4.54. The monoisotopic (exact) mass is 245 g/mol. The summed E-state index contributed by atoms with van der Waals surface area (Å²) in [5, 5.41) is 24.4. The Hall–Kier alpha value is -2.31. The Morgan fingerprint density at radius 2 is 2.22 bits per heavy atom. The molecule has 2 aromatic rings. The number of rotatable bonds is 3. The second-order valence-corrected chi connectivity index (χ2v) is 4.54. The topological polar surface area (TPSA) is 97.6 Å². The number of benzene rings is 1. The minimum Gasteiger partial charge on any atom is -0.258 e. The Morgan fingerprint density at radius 1 is 1.39 bits per heavy atom. The highest BCUT2D eigenvalue weighted by atomic mass is 16.6. The molecule has 1 heterocycles. The summed E-state index contributed by atoms with van der Waals surface area (Å²) < 4.78 is 0. The first kappa shape index (κ1) is 10.8. The van der Waals surface area contributed by atoms with E-state index in [1.54, 1.807) is 12.1 Å². The highest BCUT2D eigenvalue weighted by molar-refractivity contribution is 5.42. The number of aromatic nitrogens is 4. The van der Waals surface area contributed by atoms with Gasteiger partial charge in [-0.1, -0.05) is 6.07 Å². The maximum Gasteiger partial charge on any atom is 0.269 e. The molecule has 0 spiro atoms. The lowest BCUT2D eigenvalue weighted by molar-refractivity contribution is -0.384. The molecule has 18 heavy (non-hydrogen) atoms. The van der Waals surface area contributed by atoms with E-state index in [2.05, 4.69) is 20.6 Å². The van der Waals surface area contributed by atoms with Crippen molar-refractivity contribution < 1.29 is 4.92 Å². The molecule has 1 atom stereocenters. The van der Waals surface area contributed by atoms with Gasteiger partial charge in [0.15, 0.2) is 0 Å². The standard InChI is InChI=1S/C11H11N5O2/c17-16(18)10-2-1-8-3-7(4-9(8)6-10)5-11-12-14-15-13-11/h1-2,6-7H,3-5H2,(H,12,13,14,15). The first-order chi connectivity index (χ1) is 8.72. The van der Waals surface area contributed by atoms with E-state index in [-0.39, 0.29) is 10.6 Å². The van der Waals surface area contributed by atoms with Crippen molar-refractivity contribution in [3.63, 3.8) is 0 Å². The van der Waals surface area contributed by atoms with E-state index in [1.165, 1.54) is 5.56 Å². The van der Waals surface area contributed by atoms with Gasteiger partial charge in [0.1, 0.15) is 5.82 Å². The number of fused-ring (bicyclic) bond motifs is 1. The molecule has 1 N–H and O–H groups in total. The number of aromatic amines is 1. The van der Waals surface area contributed by atoms with Crippen LogP contribution in [0.1, 0.15) is 17.0 Å². The van der Waals surface area contributed by atoms with Gasteiger partial charge >= 0.3 is 0 Å². The predicted molar refractivity (Wildman–Crippen MR) is 61.9 cm³/mol. The summed E-state index contributed by atoms with van der Waals surface area (Å²) in [6.45, 7) is 0. The van der Waals surface area contributed by atoms with Crippen LogP contribution >= 0.6 is 0 Å². The van der Waals surface area contributed by atoms with E-state index >= 15 is 0 Å². The minimum absolute atomic E-state index is 0.163. The zero-order valence-corrected chi connectivity index (χ0v) is 9.54. The van der Waals surface area contributed by atoms with Crippen LogP contribution in [0.2, 0.25) is 0 Å². The molecular formula is C11H11N5O2. The van der Waals surface area contributed by atoms with Crippen LogP contribution in [0.4, 0.5) is 5.69 Å². The zero-order chi connectivity index (χ0) is 12.5. The molecule has 7 nitrogen and oxygen atoms in total. The van der Waals surface area contributed by atoms with Crippen molar-refractivity contribution in [2.45, 2.75) is 19.3 Å². The van der Waals surface area contributed by atoms with Crippen molar-refractivity contribution in [2.24, 2.45) is 5.92 Å². The van der Waals surface area contributed by atoms with Gasteiger partial charge in [-0.2, -0.15) is 0 Å². The number of nitrogens with one attached hydrogen (secondary N) is 1. The van der Waals surface area contributed by atoms with E-state index in [0.717, 1.165) is 30.7 Å². The Kier molecular flexibility index (Phi) is 2.51. The Balaban J connectivity index is 1.77. The average Bonchev–Trinajstić information content (AvgIpc) is 2.96. The summed E-state index contributed by atoms with van der Waals surface area (Å²) in [5.41, 5.74) is 2.43. The quantitative estimate of drug-likeness (QED) is 0.644. The van der Waals surface area contributed by atoms with Crippen LogP contribution in [-0.4, -0.2) is 25.5 Å². The van der Waals surface area contributed by atoms with Crippen molar-refractivity contribution in [3.8, 4) is 0 Å². The molecule has 1 aliphatic rings. The summed E-state index contributed by atoms with van der Waals surface area (Å²) in [6, 6.07) is 5.09. The van der Waals surface area contributed by atoms with Gasteiger partial charge in [-0.3, -0.25) is 10.1 Å². The van der Waals surface area contributed by atoms with Gasteiger partial charge in [0.2, 0.25) is 0 Å². The van der Waals surface area contributed by atoms with E-state index in [4.69, 9.17) is 0 Å². The third kappa shape index (κ3) is 1.94. The van der Waals surface area contributed by atoms with Gasteiger partial charge < -0.3 is 0 Å². The van der Waals surface area contributed by atoms with Crippen LogP contribution in [0.3, 0.4) is 0 Å². The second kappa shape index (κ2) is 4.17. The summed E-state index contributed by atoms with van der Waals surface area (Å²) in [4.78, 5) is 10.4. The highest BCUT2D eigenvalue weighted by Gasteiger charge is 2.24. The third-order valence-electron chi connectivity index (χ3n) is 3.29. The van der Waals surface area contributed by atoms with Gasteiger partial charge in [-0.15, -0.1) is 5.10 Å². The molecule has 0 saturated carbocycles. The van der Waals surface area contributed by atoms with Crippen molar-refractivity contribution in [1.82, 2.24) is 20.6 Å². The number of H-pyrrole nitrogens is 1. The maximum atomic E-state index is 10.7. The van der Waals surface area contributed by atoms with Crippen molar-refractivity contribution >= 4 is 5.69 Å². The molecule has 1 aromatic carbocycles. The smallest absolute Gasteiger partial charge is 0.258 e. The lowest BCUT2D eigenvalue weighted by Crippen LogP contribution is -2.05. The summed E-state index contributed by atoms with van der Waals surface area (Å²) in [5.74, 6) is 1.18. The molecule has 0 fully saturated rings. The highest BCUT2D eigenvalue weighted by Crippen LogP contribution is 2.31. The van der Waals surface area contributed by atoms with Crippen LogP contribution in [0.25, 0.3) is 0 Å². The Labute approximate surface area is 102 Å². The number of hydrogen-bond donors (Lipinski definition) is 1. The molecule has 0 bridgehead atoms. The molecule has 0 saturated heterocycles. The van der Waals surface area contributed by atoms with Crippen molar-refractivity contribution in [3.05, 3.63) is 45.3 Å². The maximum absolute atomic E-state index is 10.7. The molecule has 0 amide bonds. The molecule has 0 radical (unpaired) electrons. The molecule has 3 rings (SSSR count). The minimum atomic E-state index is -0.353. The molecule has 1 aliphatic carbocycles. The lowest BCUT2D eigenvalue weighted by Gasteiger charge is -2.04. The lowest BCUT2D eigenvalue weighted by atomic mass is 10.0. The first-order valence-corrected chi connectivity index (χ1v) is 5.71. The van der Waals surface area contributed by atoms with E-state index in [1.807, 2.05) is 6.07 Å². The average molecular weight is 245 g/mol. The summed E-state index contributed by atoms with van der Waals surface area (Å²) in [6.07, 6.45) is 2.54. The zero-order valence-electron chi connectivity index (χ0n) is 9.54. The summed E-state index contributed by atoms with van der Waals surface area (Å²) in [7, 11) is 0. The number of nitro benzene ring substituents is 1. The normalized spacial score (nSPS) is 17.7. The fourth-order valence-corrected chi connectivity index (χ4v) is 2.49. The molecule has 7 heteroatoms. The largest absolute Gasteiger partial charge is 0.269 e. The molecule has 1 unspecified atom stereocenters. The Bertz CT molecular complexity index is 581. The fraction of sp³-hybridized carbons (Fsp3) is 0.364. The van der Waals surface area contributed by atoms with Gasteiger partial charge in [0.05, 0.1) is 4.92 Å². The van der Waals surface area contributed by atoms with E-state index in [0.29, 0.717) is 5.92 Å². The molecule has 92 valence electrons. The fourth-order valence-electron chi connectivity index (χ4n) is 2.49. The van der Waals surface area contributed by atoms with Gasteiger partial charge in [0.25, 0.3) is 5.69 Å². The molecular weight excluding hydrogens is 234 g/mol. The van der Waals surface area contributed by atoms with Gasteiger partial charge in [0, 0.05) is 18.6 Å². The van der Waals surface area contributed by atoms with Gasteiger partial charge in [-0.05, 0) is 40.3 Å². The van der Waals surface area contributed by atoms with Crippen LogP contribution in [0.15, 0.2) is 18.2 Å². The van der Waals surface area contributed by atoms with Gasteiger partial charge in [-0.25, -0.2) is 5.10 Å². The first-order valence-electron chi connectivity index (χ1n) is 5.71. The van der Waals surface area contributed by atoms with Crippen LogP contribution in [0, 0.1) is 16.0 Å². The number of nitrogens with zero attached hydrogens (tertiary/aromatic N) is 4. The Morgan fingerprint density at radius 3 is 2.94 bits per heavy atom. The molecule has 1 aromatic heterocycles. The van der Waals surface area contributed by atoms with E-state index in [9.17, 15) is 10.1 Å².